The van der Waals surface area contributed by atoms with E-state index in [0.29, 0.717) is 5.92 Å². The summed E-state index contributed by atoms with van der Waals surface area (Å²) in [4.78, 5) is 11.7. The van der Waals surface area contributed by atoms with Crippen molar-refractivity contribution in [1.82, 2.24) is 0 Å². The largest absolute Gasteiger partial charge is 0.462 e. The van der Waals surface area contributed by atoms with Gasteiger partial charge in [0.25, 0.3) is 0 Å². The van der Waals surface area contributed by atoms with Gasteiger partial charge in [-0.25, -0.2) is 0 Å². The van der Waals surface area contributed by atoms with Gasteiger partial charge in [0.2, 0.25) is 0 Å². The molecule has 0 aliphatic heterocycles. The summed E-state index contributed by atoms with van der Waals surface area (Å²) in [6.45, 7) is 8.47. The standard InChI is InChI=1S/C14H24O3/c1-9(15)7-12(16)17-11-8-10-5-6-14(11,4)13(10,2)3/h9-11,15H,5-8H2,1-4H3/t9?,10-,11+,14-/m1/s1. The van der Waals surface area contributed by atoms with E-state index in [-0.39, 0.29) is 29.3 Å². The smallest absolute Gasteiger partial charge is 0.308 e. The van der Waals surface area contributed by atoms with Gasteiger partial charge in [0.1, 0.15) is 6.10 Å². The van der Waals surface area contributed by atoms with Crippen LogP contribution in [0.5, 0.6) is 0 Å². The second-order valence-electron chi connectivity index (χ2n) is 6.64. The van der Waals surface area contributed by atoms with Gasteiger partial charge in [-0.3, -0.25) is 4.79 Å². The first kappa shape index (κ1) is 12.9. The molecule has 1 N–H and O–H groups in total. The number of rotatable bonds is 3. The van der Waals surface area contributed by atoms with Crippen LogP contribution >= 0.6 is 0 Å². The van der Waals surface area contributed by atoms with Gasteiger partial charge in [-0.1, -0.05) is 20.8 Å². The molecule has 98 valence electrons. The van der Waals surface area contributed by atoms with E-state index in [0.717, 1.165) is 12.8 Å². The monoisotopic (exact) mass is 240 g/mol. The SMILES string of the molecule is CC(O)CC(=O)O[C@H]1C[C@H]2CC[C@@]1(C)C2(C)C. The molecule has 2 aliphatic rings. The summed E-state index contributed by atoms with van der Waals surface area (Å²) in [6.07, 6.45) is 2.95. The van der Waals surface area contributed by atoms with Gasteiger partial charge in [0.15, 0.2) is 0 Å². The van der Waals surface area contributed by atoms with Gasteiger partial charge in [0.05, 0.1) is 12.5 Å². The molecule has 2 fully saturated rings. The van der Waals surface area contributed by atoms with Crippen molar-refractivity contribution in [2.75, 3.05) is 0 Å². The molecule has 0 aromatic rings. The minimum absolute atomic E-state index is 0.0440. The lowest BCUT2D eigenvalue weighted by molar-refractivity contribution is -0.158. The summed E-state index contributed by atoms with van der Waals surface area (Å²) in [5, 5.41) is 9.19. The average Bonchev–Trinajstić information content (AvgIpc) is 2.49. The van der Waals surface area contributed by atoms with Gasteiger partial charge in [-0.2, -0.15) is 0 Å². The maximum atomic E-state index is 11.7. The van der Waals surface area contributed by atoms with Crippen LogP contribution in [0.4, 0.5) is 0 Å². The molecule has 3 nitrogen and oxygen atoms in total. The lowest BCUT2D eigenvalue weighted by atomic mass is 9.70. The predicted octanol–water partition coefficient (Wildman–Crippen LogP) is 2.52. The van der Waals surface area contributed by atoms with E-state index in [4.69, 9.17) is 4.74 Å². The molecule has 2 bridgehead atoms. The summed E-state index contributed by atoms with van der Waals surface area (Å²) in [5.41, 5.74) is 0.384. The second kappa shape index (κ2) is 3.98. The van der Waals surface area contributed by atoms with Crippen molar-refractivity contribution < 1.29 is 14.6 Å². The maximum Gasteiger partial charge on any atom is 0.308 e. The molecule has 0 amide bonds. The second-order valence-corrected chi connectivity index (χ2v) is 6.64. The number of fused-ring (bicyclic) bond motifs is 2. The van der Waals surface area contributed by atoms with Crippen LogP contribution < -0.4 is 0 Å². The summed E-state index contributed by atoms with van der Waals surface area (Å²) < 4.78 is 5.60. The van der Waals surface area contributed by atoms with Crippen molar-refractivity contribution in [3.63, 3.8) is 0 Å². The number of hydrogen-bond donors (Lipinski definition) is 1. The van der Waals surface area contributed by atoms with Crippen LogP contribution in [0.3, 0.4) is 0 Å². The first-order valence-corrected chi connectivity index (χ1v) is 6.65. The van der Waals surface area contributed by atoms with Gasteiger partial charge < -0.3 is 9.84 Å². The fraction of sp³-hybridized carbons (Fsp3) is 0.929. The number of hydrogen-bond acceptors (Lipinski definition) is 3. The molecule has 4 atom stereocenters. The Balaban J connectivity index is 2.03. The maximum absolute atomic E-state index is 11.7. The molecule has 0 heterocycles. The number of carbonyl (C=O) groups is 1. The van der Waals surface area contributed by atoms with Crippen LogP contribution in [-0.2, 0) is 9.53 Å². The van der Waals surface area contributed by atoms with Crippen molar-refractivity contribution in [3.8, 4) is 0 Å². The van der Waals surface area contributed by atoms with E-state index in [1.54, 1.807) is 6.92 Å². The number of aliphatic hydroxyl groups excluding tert-OH is 1. The Bertz CT molecular complexity index is 321. The van der Waals surface area contributed by atoms with E-state index in [1.165, 1.54) is 6.42 Å². The molecule has 0 radical (unpaired) electrons. The van der Waals surface area contributed by atoms with Crippen molar-refractivity contribution in [2.24, 2.45) is 16.7 Å². The van der Waals surface area contributed by atoms with E-state index in [2.05, 4.69) is 20.8 Å². The fourth-order valence-electron chi connectivity index (χ4n) is 3.76. The van der Waals surface area contributed by atoms with Gasteiger partial charge in [-0.05, 0) is 37.5 Å². The van der Waals surface area contributed by atoms with Crippen LogP contribution in [0, 0.1) is 16.7 Å². The topological polar surface area (TPSA) is 46.5 Å². The van der Waals surface area contributed by atoms with E-state index >= 15 is 0 Å². The van der Waals surface area contributed by atoms with Crippen LogP contribution in [0.2, 0.25) is 0 Å². The van der Waals surface area contributed by atoms with Gasteiger partial charge in [-0.15, -0.1) is 0 Å². The first-order valence-electron chi connectivity index (χ1n) is 6.65. The zero-order chi connectivity index (χ0) is 12.8. The number of esters is 1. The summed E-state index contributed by atoms with van der Waals surface area (Å²) in [5.74, 6) is 0.423. The molecular weight excluding hydrogens is 216 g/mol. The van der Waals surface area contributed by atoms with Crippen LogP contribution in [0.15, 0.2) is 0 Å². The zero-order valence-electron chi connectivity index (χ0n) is 11.3. The molecule has 2 aliphatic carbocycles. The zero-order valence-corrected chi connectivity index (χ0v) is 11.3. The molecule has 0 spiro atoms. The van der Waals surface area contributed by atoms with Crippen molar-refractivity contribution in [3.05, 3.63) is 0 Å². The summed E-state index contributed by atoms with van der Waals surface area (Å²) in [7, 11) is 0. The molecule has 17 heavy (non-hydrogen) atoms. The Labute approximate surface area is 104 Å². The fourth-order valence-corrected chi connectivity index (χ4v) is 3.76. The van der Waals surface area contributed by atoms with E-state index < -0.39 is 6.10 Å². The molecular formula is C14H24O3. The van der Waals surface area contributed by atoms with Crippen molar-refractivity contribution in [1.29, 1.82) is 0 Å². The lowest BCUT2D eigenvalue weighted by Gasteiger charge is -2.38. The Hall–Kier alpha value is -0.570. The molecule has 1 unspecified atom stereocenters. The average molecular weight is 240 g/mol. The highest BCUT2D eigenvalue weighted by Gasteiger charge is 2.62. The third-order valence-electron chi connectivity index (χ3n) is 5.45. The minimum atomic E-state index is -0.609. The third-order valence-corrected chi connectivity index (χ3v) is 5.45. The number of aliphatic hydroxyl groups is 1. The van der Waals surface area contributed by atoms with Crippen LogP contribution in [0.25, 0.3) is 0 Å². The summed E-state index contributed by atoms with van der Waals surface area (Å²) >= 11 is 0. The molecule has 0 aromatic heterocycles. The van der Waals surface area contributed by atoms with Gasteiger partial charge >= 0.3 is 5.97 Å². The Morgan fingerprint density at radius 2 is 2.12 bits per heavy atom. The number of carbonyl (C=O) groups excluding carboxylic acids is 1. The Morgan fingerprint density at radius 3 is 2.53 bits per heavy atom. The highest BCUT2D eigenvalue weighted by atomic mass is 16.5. The highest BCUT2D eigenvalue weighted by Crippen LogP contribution is 2.66. The Kier molecular flexibility index (Phi) is 3.01. The third kappa shape index (κ3) is 1.88. The lowest BCUT2D eigenvalue weighted by Crippen LogP contribution is -2.38. The number of ether oxygens (including phenoxy) is 1. The normalized spacial score (nSPS) is 40.3. The molecule has 2 rings (SSSR count). The molecule has 2 saturated carbocycles. The van der Waals surface area contributed by atoms with E-state index in [1.807, 2.05) is 0 Å². The highest BCUT2D eigenvalue weighted by molar-refractivity contribution is 5.70. The van der Waals surface area contributed by atoms with E-state index in [9.17, 15) is 9.90 Å². The van der Waals surface area contributed by atoms with Gasteiger partial charge in [0, 0.05) is 5.41 Å². The minimum Gasteiger partial charge on any atom is -0.462 e. The van der Waals surface area contributed by atoms with Crippen LogP contribution in [-0.4, -0.2) is 23.3 Å². The summed E-state index contributed by atoms with van der Waals surface area (Å²) in [6, 6.07) is 0. The quantitative estimate of drug-likeness (QED) is 0.771. The van der Waals surface area contributed by atoms with Crippen molar-refractivity contribution in [2.45, 2.75) is 65.6 Å². The van der Waals surface area contributed by atoms with Crippen LogP contribution in [0.1, 0.15) is 53.4 Å². The molecule has 0 aromatic carbocycles. The predicted molar refractivity (Wildman–Crippen MR) is 65.4 cm³/mol. The molecule has 3 heteroatoms. The molecule has 0 saturated heterocycles. The first-order chi connectivity index (χ1) is 7.77. The van der Waals surface area contributed by atoms with Crippen molar-refractivity contribution >= 4 is 5.97 Å². The Morgan fingerprint density at radius 1 is 1.47 bits per heavy atom.